The second-order valence-electron chi connectivity index (χ2n) is 11.4. The number of likely N-dealkylation sites (tertiary alicyclic amines) is 1. The van der Waals surface area contributed by atoms with E-state index < -0.39 is 28.4 Å². The SMILES string of the molecule is CC(C)OC(=O)N1[C@H](C)C[C@H](NS(=O)(=O)[N+](C)(C)C)[C@@H]1CO[C@@H]1CC[C@]2(c3ncccn3)C[C@@H]2C1. The molecule has 0 radical (unpaired) electrons. The van der Waals surface area contributed by atoms with Crippen LogP contribution in [0.1, 0.15) is 58.7 Å². The van der Waals surface area contributed by atoms with Crippen LogP contribution in [0.2, 0.25) is 0 Å². The van der Waals surface area contributed by atoms with Gasteiger partial charge >= 0.3 is 16.3 Å². The molecule has 1 N–H and O–H groups in total. The summed E-state index contributed by atoms with van der Waals surface area (Å²) in [6.45, 7) is 5.80. The first kappa shape index (κ1) is 26.2. The maximum absolute atomic E-state index is 12.9. The summed E-state index contributed by atoms with van der Waals surface area (Å²) < 4.78 is 40.3. The summed E-state index contributed by atoms with van der Waals surface area (Å²) in [5.74, 6) is 1.44. The predicted octanol–water partition coefficient (Wildman–Crippen LogP) is 2.22. The van der Waals surface area contributed by atoms with E-state index >= 15 is 0 Å². The Morgan fingerprint density at radius 3 is 2.54 bits per heavy atom. The normalized spacial score (nSPS) is 33.0. The fourth-order valence-electron chi connectivity index (χ4n) is 5.59. The third kappa shape index (κ3) is 5.33. The smallest absolute Gasteiger partial charge is 0.410 e. The van der Waals surface area contributed by atoms with Gasteiger partial charge in [-0.3, -0.25) is 4.90 Å². The average Bonchev–Trinajstić information content (AvgIpc) is 3.42. The van der Waals surface area contributed by atoms with Crippen LogP contribution >= 0.6 is 0 Å². The number of aromatic nitrogens is 2. The van der Waals surface area contributed by atoms with Crippen LogP contribution in [0.3, 0.4) is 0 Å². The van der Waals surface area contributed by atoms with Gasteiger partial charge in [0.1, 0.15) is 5.82 Å². The highest BCUT2D eigenvalue weighted by Crippen LogP contribution is 2.61. The van der Waals surface area contributed by atoms with Gasteiger partial charge < -0.3 is 9.47 Å². The zero-order chi connectivity index (χ0) is 25.6. The predicted molar refractivity (Wildman–Crippen MR) is 131 cm³/mol. The third-order valence-corrected chi connectivity index (χ3v) is 9.71. The van der Waals surface area contributed by atoms with Crippen LogP contribution in [0.4, 0.5) is 4.79 Å². The van der Waals surface area contributed by atoms with Gasteiger partial charge in [0.05, 0.1) is 52.0 Å². The molecular formula is C24H40N5O5S+. The topological polar surface area (TPSA) is 111 Å². The Labute approximate surface area is 209 Å². The Hall–Kier alpha value is -1.82. The first-order valence-electron chi connectivity index (χ1n) is 12.6. The summed E-state index contributed by atoms with van der Waals surface area (Å²) in [7, 11) is 1.17. The third-order valence-electron chi connectivity index (χ3n) is 7.67. The van der Waals surface area contributed by atoms with Crippen LogP contribution in [0.15, 0.2) is 18.5 Å². The van der Waals surface area contributed by atoms with Gasteiger partial charge in [0.2, 0.25) is 0 Å². The molecule has 35 heavy (non-hydrogen) atoms. The van der Waals surface area contributed by atoms with Gasteiger partial charge in [0, 0.05) is 23.9 Å². The monoisotopic (exact) mass is 510 g/mol. The van der Waals surface area contributed by atoms with E-state index in [-0.39, 0.29) is 34.2 Å². The fourth-order valence-corrected chi connectivity index (χ4v) is 6.54. The van der Waals surface area contributed by atoms with Gasteiger partial charge in [-0.25, -0.2) is 18.7 Å². The summed E-state index contributed by atoms with van der Waals surface area (Å²) in [5, 5.41) is 0. The number of nitrogens with one attached hydrogen (secondary N) is 1. The van der Waals surface area contributed by atoms with Gasteiger partial charge in [-0.1, -0.05) is 0 Å². The molecule has 1 saturated heterocycles. The molecule has 11 heteroatoms. The number of rotatable bonds is 8. The minimum atomic E-state index is -3.65. The number of quaternary nitrogens is 1. The van der Waals surface area contributed by atoms with E-state index in [1.54, 1.807) is 38.4 Å². The standard InChI is InChI=1S/C24H40N5O5S/c1-16(2)34-23(30)28-17(3)12-20(27-35(31,32)29(4,5)6)21(28)15-33-19-8-9-24(14-18(24)13-19)22-25-10-7-11-26-22/h7,10-11,16-21,27H,8-9,12-15H2,1-6H3/q+1/t17-,18+,19-,20+,21+,24+/m1/s1. The second kappa shape index (κ2) is 9.57. The molecule has 1 aromatic heterocycles. The molecule has 10 nitrogen and oxygen atoms in total. The molecule has 0 bridgehead atoms. The van der Waals surface area contributed by atoms with Crippen LogP contribution in [0.25, 0.3) is 0 Å². The number of ether oxygens (including phenoxy) is 2. The molecule has 196 valence electrons. The quantitative estimate of drug-likeness (QED) is 0.534. The van der Waals surface area contributed by atoms with Gasteiger partial charge in [-0.05, 0) is 64.9 Å². The Kier molecular flexibility index (Phi) is 7.18. The number of carbonyl (C=O) groups excluding carboxylic acids is 1. The van der Waals surface area contributed by atoms with Crippen LogP contribution in [-0.2, 0) is 25.1 Å². The lowest BCUT2D eigenvalue weighted by molar-refractivity contribution is -0.740. The molecule has 1 amide bonds. The molecule has 1 aromatic rings. The maximum Gasteiger partial charge on any atom is 0.410 e. The van der Waals surface area contributed by atoms with E-state index in [4.69, 9.17) is 9.47 Å². The van der Waals surface area contributed by atoms with Gasteiger partial charge in [0.15, 0.2) is 0 Å². The summed E-state index contributed by atoms with van der Waals surface area (Å²) in [4.78, 5) is 23.6. The lowest BCUT2D eigenvalue weighted by Gasteiger charge is -2.34. The van der Waals surface area contributed by atoms with Crippen molar-refractivity contribution >= 4 is 16.3 Å². The molecule has 2 aliphatic carbocycles. The Bertz CT molecular complexity index is 1010. The average molecular weight is 511 g/mol. The highest BCUT2D eigenvalue weighted by molar-refractivity contribution is 7.83. The summed E-state index contributed by atoms with van der Waals surface area (Å²) >= 11 is 0. The lowest BCUT2D eigenvalue weighted by atomic mass is 9.86. The van der Waals surface area contributed by atoms with Crippen LogP contribution in [0.5, 0.6) is 0 Å². The Balaban J connectivity index is 1.44. The van der Waals surface area contributed by atoms with E-state index in [1.165, 1.54) is 0 Å². The highest BCUT2D eigenvalue weighted by Gasteiger charge is 2.60. The molecule has 6 atom stereocenters. The number of fused-ring (bicyclic) bond motifs is 1. The molecule has 3 fully saturated rings. The van der Waals surface area contributed by atoms with Crippen molar-refractivity contribution in [3.05, 3.63) is 24.3 Å². The van der Waals surface area contributed by atoms with Gasteiger partial charge in [0.25, 0.3) is 0 Å². The number of hydrogen-bond acceptors (Lipinski definition) is 7. The molecule has 4 rings (SSSR count). The largest absolute Gasteiger partial charge is 0.447 e. The number of carbonyl (C=O) groups is 1. The molecule has 2 heterocycles. The van der Waals surface area contributed by atoms with Crippen molar-refractivity contribution in [2.24, 2.45) is 5.92 Å². The summed E-state index contributed by atoms with van der Waals surface area (Å²) in [6, 6.07) is 0.774. The molecule has 2 saturated carbocycles. The van der Waals surface area contributed by atoms with Crippen LogP contribution in [-0.4, -0.2) is 91.4 Å². The van der Waals surface area contributed by atoms with Gasteiger partial charge in [-0.15, -0.1) is 0 Å². The first-order valence-corrected chi connectivity index (χ1v) is 14.0. The molecule has 1 aliphatic heterocycles. The van der Waals surface area contributed by atoms with Crippen molar-refractivity contribution in [1.29, 1.82) is 0 Å². The van der Waals surface area contributed by atoms with E-state index in [0.717, 1.165) is 31.5 Å². The number of amides is 1. The zero-order valence-corrected chi connectivity index (χ0v) is 22.5. The maximum atomic E-state index is 12.9. The van der Waals surface area contributed by atoms with E-state index in [9.17, 15) is 13.2 Å². The first-order chi connectivity index (χ1) is 16.3. The lowest BCUT2D eigenvalue weighted by Crippen LogP contribution is -2.56. The summed E-state index contributed by atoms with van der Waals surface area (Å²) in [5.41, 5.74) is 0.0822. The van der Waals surface area contributed by atoms with E-state index in [0.29, 0.717) is 12.3 Å². The number of hydrogen-bond donors (Lipinski definition) is 1. The van der Waals surface area contributed by atoms with Crippen molar-refractivity contribution in [3.8, 4) is 0 Å². The molecule has 0 unspecified atom stereocenters. The van der Waals surface area contributed by atoms with Gasteiger partial charge in [-0.2, -0.15) is 13.1 Å². The molecule has 0 aromatic carbocycles. The Morgan fingerprint density at radius 1 is 1.26 bits per heavy atom. The van der Waals surface area contributed by atoms with Crippen molar-refractivity contribution in [1.82, 2.24) is 19.6 Å². The van der Waals surface area contributed by atoms with E-state index in [1.807, 2.05) is 26.8 Å². The van der Waals surface area contributed by atoms with Crippen molar-refractivity contribution in [2.75, 3.05) is 27.7 Å². The van der Waals surface area contributed by atoms with Crippen LogP contribution in [0, 0.1) is 5.92 Å². The molecule has 0 spiro atoms. The van der Waals surface area contributed by atoms with Crippen molar-refractivity contribution in [2.45, 2.75) is 88.6 Å². The highest BCUT2D eigenvalue weighted by atomic mass is 32.2. The second-order valence-corrected chi connectivity index (χ2v) is 13.7. The summed E-state index contributed by atoms with van der Waals surface area (Å²) in [6.07, 6.45) is 7.35. The van der Waals surface area contributed by atoms with Crippen LogP contribution < -0.4 is 4.72 Å². The number of nitrogens with zero attached hydrogens (tertiary/aromatic N) is 4. The van der Waals surface area contributed by atoms with E-state index in [2.05, 4.69) is 14.7 Å². The minimum Gasteiger partial charge on any atom is -0.447 e. The fraction of sp³-hybridized carbons (Fsp3) is 0.792. The molecular weight excluding hydrogens is 470 g/mol. The Morgan fingerprint density at radius 2 is 1.94 bits per heavy atom. The van der Waals surface area contributed by atoms with Crippen molar-refractivity contribution < 1.29 is 26.6 Å². The minimum absolute atomic E-state index is 0.0638. The zero-order valence-electron chi connectivity index (χ0n) is 21.7. The van der Waals surface area contributed by atoms with Crippen molar-refractivity contribution in [3.63, 3.8) is 0 Å². The molecule has 3 aliphatic rings.